The lowest BCUT2D eigenvalue weighted by Gasteiger charge is -2.15. The van der Waals surface area contributed by atoms with E-state index in [0.717, 1.165) is 11.1 Å². The lowest BCUT2D eigenvalue weighted by Crippen LogP contribution is -2.11. The molecule has 0 aromatic heterocycles. The van der Waals surface area contributed by atoms with Crippen LogP contribution < -0.4 is 16.4 Å². The van der Waals surface area contributed by atoms with Crippen LogP contribution in [0.2, 0.25) is 0 Å². The van der Waals surface area contributed by atoms with Crippen LogP contribution in [-0.2, 0) is 9.53 Å². The van der Waals surface area contributed by atoms with E-state index in [0.29, 0.717) is 40.5 Å². The predicted octanol–water partition coefficient (Wildman–Crippen LogP) is 4.38. The minimum Gasteiger partial charge on any atom is -0.462 e. The molecule has 4 rings (SSSR count). The SMILES string of the molecule is CCOC(=O)c1cccc(NC(=C2C(=O)Nc3ccc(N)cc32)c2ccccc2)c1. The summed E-state index contributed by atoms with van der Waals surface area (Å²) in [5.41, 5.74) is 11.0. The molecule has 0 aliphatic carbocycles. The van der Waals surface area contributed by atoms with E-state index in [1.54, 1.807) is 43.3 Å². The molecule has 0 saturated carbocycles. The van der Waals surface area contributed by atoms with Crippen molar-refractivity contribution in [3.05, 3.63) is 89.5 Å². The summed E-state index contributed by atoms with van der Waals surface area (Å²) in [7, 11) is 0. The summed E-state index contributed by atoms with van der Waals surface area (Å²) < 4.78 is 5.09. The second-order valence-electron chi connectivity index (χ2n) is 6.80. The van der Waals surface area contributed by atoms with Crippen molar-refractivity contribution in [3.8, 4) is 0 Å². The highest BCUT2D eigenvalue weighted by atomic mass is 16.5. The van der Waals surface area contributed by atoms with Crippen LogP contribution in [0, 0.1) is 0 Å². The Bertz CT molecular complexity index is 1150. The summed E-state index contributed by atoms with van der Waals surface area (Å²) in [6, 6.07) is 21.9. The van der Waals surface area contributed by atoms with Gasteiger partial charge in [-0.3, -0.25) is 4.79 Å². The summed E-state index contributed by atoms with van der Waals surface area (Å²) in [6.45, 7) is 2.06. The number of benzene rings is 3. The fraction of sp³-hybridized carbons (Fsp3) is 0.0833. The van der Waals surface area contributed by atoms with Crippen molar-refractivity contribution in [2.24, 2.45) is 0 Å². The van der Waals surface area contributed by atoms with Crippen LogP contribution in [0.5, 0.6) is 0 Å². The highest BCUT2D eigenvalue weighted by Crippen LogP contribution is 2.38. The molecule has 6 nitrogen and oxygen atoms in total. The van der Waals surface area contributed by atoms with Crippen LogP contribution in [0.4, 0.5) is 17.1 Å². The zero-order chi connectivity index (χ0) is 21.1. The smallest absolute Gasteiger partial charge is 0.338 e. The maximum absolute atomic E-state index is 12.9. The van der Waals surface area contributed by atoms with Gasteiger partial charge in [0.15, 0.2) is 0 Å². The van der Waals surface area contributed by atoms with Gasteiger partial charge in [-0.25, -0.2) is 4.79 Å². The monoisotopic (exact) mass is 399 g/mol. The van der Waals surface area contributed by atoms with Gasteiger partial charge in [-0.2, -0.15) is 0 Å². The van der Waals surface area contributed by atoms with Gasteiger partial charge in [0.25, 0.3) is 5.91 Å². The first-order valence-electron chi connectivity index (χ1n) is 9.62. The Kier molecular flexibility index (Phi) is 5.22. The van der Waals surface area contributed by atoms with Crippen molar-refractivity contribution in [1.29, 1.82) is 0 Å². The third kappa shape index (κ3) is 3.75. The number of fused-ring (bicyclic) bond motifs is 1. The maximum Gasteiger partial charge on any atom is 0.338 e. The van der Waals surface area contributed by atoms with Gasteiger partial charge in [0.05, 0.1) is 23.4 Å². The minimum atomic E-state index is -0.396. The fourth-order valence-corrected chi connectivity index (χ4v) is 3.40. The Hall–Kier alpha value is -4.06. The molecular formula is C24H21N3O3. The van der Waals surface area contributed by atoms with Crippen LogP contribution in [0.25, 0.3) is 11.3 Å². The second-order valence-corrected chi connectivity index (χ2v) is 6.80. The number of ether oxygens (including phenoxy) is 1. The molecule has 0 unspecified atom stereocenters. The maximum atomic E-state index is 12.9. The molecule has 0 bridgehead atoms. The first-order valence-corrected chi connectivity index (χ1v) is 9.62. The normalized spacial score (nSPS) is 14.0. The molecule has 30 heavy (non-hydrogen) atoms. The number of nitrogen functional groups attached to an aromatic ring is 1. The minimum absolute atomic E-state index is 0.219. The number of amides is 1. The number of nitrogens with one attached hydrogen (secondary N) is 2. The molecule has 1 aliphatic heterocycles. The third-order valence-corrected chi connectivity index (χ3v) is 4.74. The first kappa shape index (κ1) is 19.3. The van der Waals surface area contributed by atoms with E-state index in [9.17, 15) is 9.59 Å². The Labute approximate surface area is 174 Å². The summed E-state index contributed by atoms with van der Waals surface area (Å²) >= 11 is 0. The zero-order valence-corrected chi connectivity index (χ0v) is 16.4. The van der Waals surface area contributed by atoms with Gasteiger partial charge in [0, 0.05) is 22.6 Å². The molecule has 0 spiro atoms. The van der Waals surface area contributed by atoms with Crippen molar-refractivity contribution in [3.63, 3.8) is 0 Å². The van der Waals surface area contributed by atoms with Gasteiger partial charge in [0.2, 0.25) is 0 Å². The molecule has 1 amide bonds. The molecular weight excluding hydrogens is 378 g/mol. The topological polar surface area (TPSA) is 93.4 Å². The molecule has 6 heteroatoms. The van der Waals surface area contributed by atoms with E-state index in [4.69, 9.17) is 10.5 Å². The standard InChI is InChI=1S/C24H21N3O3/c1-2-30-24(29)16-9-6-10-18(13-16)26-22(15-7-4-3-5-8-15)21-19-14-17(25)11-12-20(19)27-23(21)28/h3-14,26H,2,25H2,1H3,(H,27,28). The van der Waals surface area contributed by atoms with E-state index in [2.05, 4.69) is 10.6 Å². The van der Waals surface area contributed by atoms with Crippen molar-refractivity contribution in [2.45, 2.75) is 6.92 Å². The number of rotatable bonds is 5. The Morgan fingerprint density at radius 2 is 1.77 bits per heavy atom. The molecule has 4 N–H and O–H groups in total. The number of hydrogen-bond donors (Lipinski definition) is 3. The first-order chi connectivity index (χ1) is 14.6. The highest BCUT2D eigenvalue weighted by Gasteiger charge is 2.28. The molecule has 150 valence electrons. The molecule has 0 fully saturated rings. The van der Waals surface area contributed by atoms with E-state index in [-0.39, 0.29) is 5.91 Å². The number of anilines is 3. The van der Waals surface area contributed by atoms with Crippen LogP contribution in [0.3, 0.4) is 0 Å². The molecule has 3 aromatic carbocycles. The van der Waals surface area contributed by atoms with E-state index in [1.165, 1.54) is 0 Å². The number of esters is 1. The van der Waals surface area contributed by atoms with E-state index >= 15 is 0 Å². The Morgan fingerprint density at radius 3 is 2.53 bits per heavy atom. The van der Waals surface area contributed by atoms with Gasteiger partial charge in [0.1, 0.15) is 0 Å². The van der Waals surface area contributed by atoms with Gasteiger partial charge in [-0.1, -0.05) is 36.4 Å². The molecule has 0 radical (unpaired) electrons. The molecule has 0 saturated heterocycles. The summed E-state index contributed by atoms with van der Waals surface area (Å²) in [5, 5.41) is 6.23. The largest absolute Gasteiger partial charge is 0.462 e. The lowest BCUT2D eigenvalue weighted by atomic mass is 9.99. The summed E-state index contributed by atoms with van der Waals surface area (Å²) in [4.78, 5) is 25.0. The van der Waals surface area contributed by atoms with Gasteiger partial charge >= 0.3 is 5.97 Å². The predicted molar refractivity (Wildman–Crippen MR) is 119 cm³/mol. The Balaban J connectivity index is 1.84. The fourth-order valence-electron chi connectivity index (χ4n) is 3.40. The second kappa shape index (κ2) is 8.13. The van der Waals surface area contributed by atoms with Gasteiger partial charge in [-0.15, -0.1) is 0 Å². The average molecular weight is 399 g/mol. The molecule has 1 aliphatic rings. The van der Waals surface area contributed by atoms with Crippen molar-refractivity contribution in [1.82, 2.24) is 0 Å². The number of hydrogen-bond acceptors (Lipinski definition) is 5. The number of carbonyl (C=O) groups is 2. The van der Waals surface area contributed by atoms with Crippen LogP contribution in [0.1, 0.15) is 28.4 Å². The van der Waals surface area contributed by atoms with Crippen molar-refractivity contribution in [2.75, 3.05) is 23.0 Å². The third-order valence-electron chi connectivity index (χ3n) is 4.74. The van der Waals surface area contributed by atoms with E-state index in [1.807, 2.05) is 36.4 Å². The summed E-state index contributed by atoms with van der Waals surface area (Å²) in [6.07, 6.45) is 0. The highest BCUT2D eigenvalue weighted by molar-refractivity contribution is 6.37. The van der Waals surface area contributed by atoms with Crippen LogP contribution >= 0.6 is 0 Å². The van der Waals surface area contributed by atoms with Gasteiger partial charge in [-0.05, 0) is 48.9 Å². The zero-order valence-electron chi connectivity index (χ0n) is 16.4. The average Bonchev–Trinajstić information content (AvgIpc) is 3.08. The van der Waals surface area contributed by atoms with Gasteiger partial charge < -0.3 is 21.1 Å². The van der Waals surface area contributed by atoms with Crippen molar-refractivity contribution < 1.29 is 14.3 Å². The molecule has 1 heterocycles. The van der Waals surface area contributed by atoms with Crippen LogP contribution in [-0.4, -0.2) is 18.5 Å². The van der Waals surface area contributed by atoms with Crippen molar-refractivity contribution >= 4 is 40.2 Å². The number of nitrogens with two attached hydrogens (primary N) is 1. The Morgan fingerprint density at radius 1 is 1.00 bits per heavy atom. The van der Waals surface area contributed by atoms with E-state index < -0.39 is 5.97 Å². The molecule has 0 atom stereocenters. The lowest BCUT2D eigenvalue weighted by molar-refractivity contribution is -0.110. The quantitative estimate of drug-likeness (QED) is 0.336. The number of carbonyl (C=O) groups excluding carboxylic acids is 2. The summed E-state index contributed by atoms with van der Waals surface area (Å²) in [5.74, 6) is -0.615. The van der Waals surface area contributed by atoms with Crippen LogP contribution in [0.15, 0.2) is 72.8 Å². The molecule has 3 aromatic rings.